The normalized spacial score (nSPS) is 15.0. The fraction of sp³-hybridized carbons (Fsp3) is 0.320. The van der Waals surface area contributed by atoms with Crippen LogP contribution in [0.2, 0.25) is 0 Å². The van der Waals surface area contributed by atoms with Crippen molar-refractivity contribution in [2.24, 2.45) is 5.73 Å². The highest BCUT2D eigenvalue weighted by atomic mass is 19.1. The van der Waals surface area contributed by atoms with Crippen molar-refractivity contribution in [2.45, 2.75) is 39.8 Å². The summed E-state index contributed by atoms with van der Waals surface area (Å²) in [7, 11) is 0. The summed E-state index contributed by atoms with van der Waals surface area (Å²) in [5.74, 6) is 1.58. The van der Waals surface area contributed by atoms with Crippen LogP contribution in [0.3, 0.4) is 0 Å². The summed E-state index contributed by atoms with van der Waals surface area (Å²) in [4.78, 5) is 7.29. The van der Waals surface area contributed by atoms with E-state index in [0.717, 1.165) is 47.4 Å². The second kappa shape index (κ2) is 7.85. The second-order valence-electron chi connectivity index (χ2n) is 8.70. The molecular weight excluding hydrogens is 389 g/mol. The van der Waals surface area contributed by atoms with Gasteiger partial charge in [-0.2, -0.15) is 0 Å². The Hall–Kier alpha value is -3.12. The molecule has 2 aromatic carbocycles. The molecule has 0 fully saturated rings. The van der Waals surface area contributed by atoms with Crippen molar-refractivity contribution in [1.29, 1.82) is 0 Å². The minimum Gasteiger partial charge on any atom is -0.360 e. The maximum absolute atomic E-state index is 13.6. The van der Waals surface area contributed by atoms with E-state index in [-0.39, 0.29) is 11.4 Å². The van der Waals surface area contributed by atoms with Gasteiger partial charge in [-0.15, -0.1) is 0 Å². The van der Waals surface area contributed by atoms with Crippen LogP contribution in [0.4, 0.5) is 15.9 Å². The SMILES string of the molecule is C=C(CN)N1CCn2c(nc(-c3ccc(F)cc3)c2Nc2ccc(C)c(C)c2)C1(C)C. The topological polar surface area (TPSA) is 59.1 Å². The lowest BCUT2D eigenvalue weighted by molar-refractivity contribution is 0.118. The monoisotopic (exact) mass is 419 g/mol. The Morgan fingerprint density at radius 2 is 1.84 bits per heavy atom. The van der Waals surface area contributed by atoms with Gasteiger partial charge < -0.3 is 20.5 Å². The summed E-state index contributed by atoms with van der Waals surface area (Å²) in [6.07, 6.45) is 0. The molecule has 0 saturated carbocycles. The molecule has 3 aromatic rings. The molecule has 0 aliphatic carbocycles. The molecule has 6 heteroatoms. The van der Waals surface area contributed by atoms with Crippen molar-refractivity contribution in [3.8, 4) is 11.3 Å². The molecule has 0 spiro atoms. The third kappa shape index (κ3) is 3.72. The van der Waals surface area contributed by atoms with Crippen molar-refractivity contribution in [3.05, 3.63) is 77.5 Å². The van der Waals surface area contributed by atoms with Gasteiger partial charge in [-0.1, -0.05) is 12.6 Å². The molecule has 2 heterocycles. The van der Waals surface area contributed by atoms with Crippen molar-refractivity contribution >= 4 is 11.5 Å². The summed E-state index contributed by atoms with van der Waals surface area (Å²) < 4.78 is 15.8. The molecule has 1 aliphatic rings. The minimum absolute atomic E-state index is 0.262. The molecule has 31 heavy (non-hydrogen) atoms. The lowest BCUT2D eigenvalue weighted by Gasteiger charge is -2.44. The molecule has 3 N–H and O–H groups in total. The van der Waals surface area contributed by atoms with E-state index in [9.17, 15) is 4.39 Å². The van der Waals surface area contributed by atoms with Gasteiger partial charge in [0.2, 0.25) is 0 Å². The molecule has 4 rings (SSSR count). The van der Waals surface area contributed by atoms with Crippen LogP contribution in [0.1, 0.15) is 30.8 Å². The molecule has 0 radical (unpaired) electrons. The lowest BCUT2D eigenvalue weighted by Crippen LogP contribution is -2.49. The van der Waals surface area contributed by atoms with E-state index in [0.29, 0.717) is 6.54 Å². The minimum atomic E-state index is -0.382. The number of fused-ring (bicyclic) bond motifs is 1. The number of halogens is 1. The highest BCUT2D eigenvalue weighted by Crippen LogP contribution is 2.40. The summed E-state index contributed by atoms with van der Waals surface area (Å²) in [6, 6.07) is 12.8. The number of rotatable bonds is 5. The van der Waals surface area contributed by atoms with E-state index in [1.54, 1.807) is 12.1 Å². The Kier molecular flexibility index (Phi) is 5.35. The number of hydrogen-bond donors (Lipinski definition) is 2. The average Bonchev–Trinajstić information content (AvgIpc) is 3.10. The van der Waals surface area contributed by atoms with Gasteiger partial charge in [0, 0.05) is 36.6 Å². The summed E-state index contributed by atoms with van der Waals surface area (Å²) in [5, 5.41) is 3.60. The number of nitrogens with one attached hydrogen (secondary N) is 1. The van der Waals surface area contributed by atoms with Crippen LogP contribution in [0, 0.1) is 19.7 Å². The van der Waals surface area contributed by atoms with Crippen LogP contribution in [-0.2, 0) is 12.1 Å². The first-order valence-corrected chi connectivity index (χ1v) is 10.6. The van der Waals surface area contributed by atoms with E-state index >= 15 is 0 Å². The van der Waals surface area contributed by atoms with E-state index in [4.69, 9.17) is 10.7 Å². The fourth-order valence-electron chi connectivity index (χ4n) is 4.29. The van der Waals surface area contributed by atoms with Crippen molar-refractivity contribution in [1.82, 2.24) is 14.5 Å². The molecule has 0 amide bonds. The van der Waals surface area contributed by atoms with Gasteiger partial charge in [-0.05, 0) is 75.2 Å². The first-order valence-electron chi connectivity index (χ1n) is 10.6. The molecule has 0 bridgehead atoms. The zero-order valence-corrected chi connectivity index (χ0v) is 18.7. The van der Waals surface area contributed by atoms with E-state index in [1.165, 1.54) is 23.3 Å². The van der Waals surface area contributed by atoms with Crippen LogP contribution >= 0.6 is 0 Å². The molecule has 1 aromatic heterocycles. The number of imidazole rings is 1. The Balaban J connectivity index is 1.86. The van der Waals surface area contributed by atoms with E-state index in [2.05, 4.69) is 67.3 Å². The van der Waals surface area contributed by atoms with E-state index in [1.807, 2.05) is 0 Å². The van der Waals surface area contributed by atoms with Gasteiger partial charge in [0.1, 0.15) is 23.2 Å². The molecule has 162 valence electrons. The number of aryl methyl sites for hydroxylation is 2. The van der Waals surface area contributed by atoms with Crippen LogP contribution < -0.4 is 11.1 Å². The average molecular weight is 420 g/mol. The molecular formula is C25H30FN5. The lowest BCUT2D eigenvalue weighted by atomic mass is 9.98. The van der Waals surface area contributed by atoms with E-state index < -0.39 is 0 Å². The summed E-state index contributed by atoms with van der Waals surface area (Å²) in [6.45, 7) is 14.6. The molecule has 0 unspecified atom stereocenters. The quantitative estimate of drug-likeness (QED) is 0.606. The van der Waals surface area contributed by atoms with Crippen LogP contribution in [0.15, 0.2) is 54.7 Å². The van der Waals surface area contributed by atoms with Crippen LogP contribution in [-0.4, -0.2) is 27.5 Å². The predicted octanol–water partition coefficient (Wildman–Crippen LogP) is 5.07. The fourth-order valence-corrected chi connectivity index (χ4v) is 4.29. The second-order valence-corrected chi connectivity index (χ2v) is 8.70. The van der Waals surface area contributed by atoms with Gasteiger partial charge in [-0.3, -0.25) is 0 Å². The first-order chi connectivity index (χ1) is 14.7. The number of anilines is 2. The maximum Gasteiger partial charge on any atom is 0.138 e. The highest BCUT2D eigenvalue weighted by molar-refractivity contribution is 5.77. The highest BCUT2D eigenvalue weighted by Gasteiger charge is 2.39. The first kappa shape index (κ1) is 21.1. The number of benzene rings is 2. The Morgan fingerprint density at radius 3 is 2.48 bits per heavy atom. The Labute approximate surface area is 183 Å². The zero-order valence-electron chi connectivity index (χ0n) is 18.7. The van der Waals surface area contributed by atoms with Gasteiger partial charge in [0.15, 0.2) is 0 Å². The molecule has 0 saturated heterocycles. The van der Waals surface area contributed by atoms with Crippen LogP contribution in [0.25, 0.3) is 11.3 Å². The van der Waals surface area contributed by atoms with Gasteiger partial charge in [0.05, 0.1) is 5.54 Å². The third-order valence-corrected chi connectivity index (χ3v) is 6.24. The van der Waals surface area contributed by atoms with Gasteiger partial charge >= 0.3 is 0 Å². The summed E-state index contributed by atoms with van der Waals surface area (Å²) in [5.41, 5.74) is 11.6. The van der Waals surface area contributed by atoms with Crippen molar-refractivity contribution < 1.29 is 4.39 Å². The largest absolute Gasteiger partial charge is 0.360 e. The molecule has 0 atom stereocenters. The van der Waals surface area contributed by atoms with Crippen LogP contribution in [0.5, 0.6) is 0 Å². The van der Waals surface area contributed by atoms with Crippen molar-refractivity contribution in [3.63, 3.8) is 0 Å². The number of nitrogens with zero attached hydrogens (tertiary/aromatic N) is 3. The predicted molar refractivity (Wildman–Crippen MR) is 125 cm³/mol. The summed E-state index contributed by atoms with van der Waals surface area (Å²) >= 11 is 0. The molecule has 5 nitrogen and oxygen atoms in total. The van der Waals surface area contributed by atoms with Gasteiger partial charge in [0.25, 0.3) is 0 Å². The zero-order chi connectivity index (χ0) is 22.3. The smallest absolute Gasteiger partial charge is 0.138 e. The Bertz CT molecular complexity index is 1130. The third-order valence-electron chi connectivity index (χ3n) is 6.24. The Morgan fingerprint density at radius 1 is 1.13 bits per heavy atom. The number of nitrogens with two attached hydrogens (primary N) is 1. The molecule has 1 aliphatic heterocycles. The van der Waals surface area contributed by atoms with Gasteiger partial charge in [-0.25, -0.2) is 9.37 Å². The number of hydrogen-bond acceptors (Lipinski definition) is 4. The standard InChI is InChI=1S/C25H30FN5/c1-16-6-11-21(14-17(16)2)28-23-22(19-7-9-20(26)10-8-19)29-24-25(4,5)31(18(3)15-27)13-12-30(23)24/h6-11,14,28H,3,12-13,15,27H2,1-2,4-5H3. The van der Waals surface area contributed by atoms with Crippen molar-refractivity contribution in [2.75, 3.05) is 18.4 Å². The number of aromatic nitrogens is 2. The maximum atomic E-state index is 13.6.